The third-order valence-electron chi connectivity index (χ3n) is 3.04. The van der Waals surface area contributed by atoms with E-state index in [9.17, 15) is 13.2 Å². The second-order valence-electron chi connectivity index (χ2n) is 4.62. The maximum Gasteiger partial charge on any atom is 0.371 e. The van der Waals surface area contributed by atoms with Gasteiger partial charge in [-0.1, -0.05) is 24.3 Å². The van der Waals surface area contributed by atoms with E-state index in [1.54, 1.807) is 6.92 Å². The predicted octanol–water partition coefficient (Wildman–Crippen LogP) is 2.33. The largest absolute Gasteiger partial charge is 0.475 e. The van der Waals surface area contributed by atoms with Crippen molar-refractivity contribution in [3.05, 3.63) is 53.3 Å². The van der Waals surface area contributed by atoms with Gasteiger partial charge in [-0.3, -0.25) is 0 Å². The first kappa shape index (κ1) is 15.3. The summed E-state index contributed by atoms with van der Waals surface area (Å²) in [6, 6.07) is 9.16. The maximum atomic E-state index is 12.2. The van der Waals surface area contributed by atoms with Crippen LogP contribution in [0, 0.1) is 6.92 Å². The molecule has 2 N–H and O–H groups in total. The van der Waals surface area contributed by atoms with Crippen LogP contribution in [0.5, 0.6) is 0 Å². The molecule has 0 aliphatic rings. The van der Waals surface area contributed by atoms with Gasteiger partial charge < -0.3 is 9.52 Å². The summed E-state index contributed by atoms with van der Waals surface area (Å²) in [5.74, 6) is -1.73. The second kappa shape index (κ2) is 5.71. The van der Waals surface area contributed by atoms with Crippen LogP contribution in [-0.2, 0) is 10.0 Å². The van der Waals surface area contributed by atoms with E-state index in [0.29, 0.717) is 0 Å². The van der Waals surface area contributed by atoms with Crippen LogP contribution in [0.25, 0.3) is 0 Å². The number of hydrogen-bond donors (Lipinski definition) is 2. The molecule has 0 saturated heterocycles. The standard InChI is InChI=1S/C14H15NO5S/c1-9-5-3-4-6-11(9)10(2)15-21(18,19)13-8-7-12(20-13)14(16)17/h3-8,10,15H,1-2H3,(H,16,17)/t10-/m1/s1. The van der Waals surface area contributed by atoms with Crippen molar-refractivity contribution in [2.45, 2.75) is 25.0 Å². The topological polar surface area (TPSA) is 96.6 Å². The smallest absolute Gasteiger partial charge is 0.371 e. The average molecular weight is 309 g/mol. The van der Waals surface area contributed by atoms with Gasteiger partial charge in [-0.05, 0) is 37.1 Å². The number of aryl methyl sites for hydroxylation is 1. The molecule has 0 radical (unpaired) electrons. The average Bonchev–Trinajstić information content (AvgIpc) is 2.89. The number of rotatable bonds is 5. The van der Waals surface area contributed by atoms with E-state index in [1.165, 1.54) is 0 Å². The van der Waals surface area contributed by atoms with Gasteiger partial charge in [-0.15, -0.1) is 0 Å². The van der Waals surface area contributed by atoms with Crippen LogP contribution in [0.3, 0.4) is 0 Å². The van der Waals surface area contributed by atoms with Crippen molar-refractivity contribution in [2.75, 3.05) is 0 Å². The van der Waals surface area contributed by atoms with E-state index < -0.39 is 32.9 Å². The Balaban J connectivity index is 2.24. The lowest BCUT2D eigenvalue weighted by Crippen LogP contribution is -2.27. The molecule has 6 nitrogen and oxygen atoms in total. The predicted molar refractivity (Wildman–Crippen MR) is 75.6 cm³/mol. The first-order valence-electron chi connectivity index (χ1n) is 6.22. The number of furan rings is 1. The molecule has 1 atom stereocenters. The van der Waals surface area contributed by atoms with Gasteiger partial charge in [-0.25, -0.2) is 17.9 Å². The van der Waals surface area contributed by atoms with Crippen molar-refractivity contribution in [1.82, 2.24) is 4.72 Å². The van der Waals surface area contributed by atoms with E-state index in [2.05, 4.69) is 4.72 Å². The highest BCUT2D eigenvalue weighted by atomic mass is 32.2. The van der Waals surface area contributed by atoms with Gasteiger partial charge in [0.2, 0.25) is 10.9 Å². The molecule has 21 heavy (non-hydrogen) atoms. The molecule has 0 spiro atoms. The van der Waals surface area contributed by atoms with Crippen molar-refractivity contribution in [3.63, 3.8) is 0 Å². The lowest BCUT2D eigenvalue weighted by Gasteiger charge is -2.15. The number of benzene rings is 1. The van der Waals surface area contributed by atoms with Crippen molar-refractivity contribution in [2.24, 2.45) is 0 Å². The summed E-state index contributed by atoms with van der Waals surface area (Å²) >= 11 is 0. The molecule has 0 saturated carbocycles. The third-order valence-corrected chi connectivity index (χ3v) is 4.46. The molecule has 1 heterocycles. The number of aromatic carboxylic acids is 1. The lowest BCUT2D eigenvalue weighted by atomic mass is 10.0. The van der Waals surface area contributed by atoms with Crippen molar-refractivity contribution in [1.29, 1.82) is 0 Å². The van der Waals surface area contributed by atoms with Gasteiger partial charge in [0.15, 0.2) is 0 Å². The van der Waals surface area contributed by atoms with Crippen LogP contribution in [0.4, 0.5) is 0 Å². The molecule has 0 aliphatic heterocycles. The van der Waals surface area contributed by atoms with Gasteiger partial charge in [-0.2, -0.15) is 0 Å². The minimum absolute atomic E-state index is 0.416. The Labute approximate surface area is 122 Å². The minimum atomic E-state index is -3.92. The highest BCUT2D eigenvalue weighted by Gasteiger charge is 2.24. The number of carboxylic acids is 1. The normalized spacial score (nSPS) is 13.0. The van der Waals surface area contributed by atoms with Crippen LogP contribution < -0.4 is 4.72 Å². The molecule has 112 valence electrons. The van der Waals surface area contributed by atoms with Crippen molar-refractivity contribution < 1.29 is 22.7 Å². The lowest BCUT2D eigenvalue weighted by molar-refractivity contribution is 0.0656. The monoisotopic (exact) mass is 309 g/mol. The molecule has 2 rings (SSSR count). The molecule has 2 aromatic rings. The molecule has 0 fully saturated rings. The van der Waals surface area contributed by atoms with E-state index in [1.807, 2.05) is 31.2 Å². The summed E-state index contributed by atoms with van der Waals surface area (Å²) in [4.78, 5) is 10.7. The molecule has 7 heteroatoms. The Morgan fingerprint density at radius 3 is 2.48 bits per heavy atom. The summed E-state index contributed by atoms with van der Waals surface area (Å²) in [6.45, 7) is 3.59. The highest BCUT2D eigenvalue weighted by Crippen LogP contribution is 2.21. The van der Waals surface area contributed by atoms with Gasteiger partial charge in [0.25, 0.3) is 10.0 Å². The van der Waals surface area contributed by atoms with Gasteiger partial charge in [0, 0.05) is 6.04 Å². The summed E-state index contributed by atoms with van der Waals surface area (Å²) in [7, 11) is -3.92. The van der Waals surface area contributed by atoms with Crippen LogP contribution in [0.15, 0.2) is 45.9 Å². The highest BCUT2D eigenvalue weighted by molar-refractivity contribution is 7.89. The van der Waals surface area contributed by atoms with Gasteiger partial charge in [0.1, 0.15) is 0 Å². The van der Waals surface area contributed by atoms with Gasteiger partial charge in [0.05, 0.1) is 0 Å². The fourth-order valence-corrected chi connectivity index (χ4v) is 3.16. The zero-order chi connectivity index (χ0) is 15.6. The maximum absolute atomic E-state index is 12.2. The Kier molecular flexibility index (Phi) is 4.15. The molecule has 0 unspecified atom stereocenters. The molecule has 0 aliphatic carbocycles. The van der Waals surface area contributed by atoms with E-state index in [4.69, 9.17) is 9.52 Å². The molecule has 0 amide bonds. The quantitative estimate of drug-likeness (QED) is 0.883. The summed E-state index contributed by atoms with van der Waals surface area (Å²) in [5, 5.41) is 8.33. The Morgan fingerprint density at radius 2 is 1.90 bits per heavy atom. The van der Waals surface area contributed by atoms with Crippen LogP contribution in [-0.4, -0.2) is 19.5 Å². The Morgan fingerprint density at radius 1 is 1.24 bits per heavy atom. The zero-order valence-corrected chi connectivity index (χ0v) is 12.3. The van der Waals surface area contributed by atoms with Crippen LogP contribution in [0.1, 0.15) is 34.6 Å². The fraction of sp³-hybridized carbons (Fsp3) is 0.214. The zero-order valence-electron chi connectivity index (χ0n) is 11.5. The number of nitrogens with one attached hydrogen (secondary N) is 1. The SMILES string of the molecule is Cc1ccccc1[C@@H](C)NS(=O)(=O)c1ccc(C(=O)O)o1. The number of carboxylic acid groups (broad SMARTS) is 1. The number of sulfonamides is 1. The molecular formula is C14H15NO5S. The van der Waals surface area contributed by atoms with Gasteiger partial charge >= 0.3 is 5.97 Å². The van der Waals surface area contributed by atoms with E-state index in [0.717, 1.165) is 23.3 Å². The first-order chi connectivity index (χ1) is 9.81. The number of hydrogen-bond acceptors (Lipinski definition) is 4. The fourth-order valence-electron chi connectivity index (χ4n) is 2.01. The Hall–Kier alpha value is -2.12. The Bertz CT molecular complexity index is 763. The first-order valence-corrected chi connectivity index (χ1v) is 7.70. The van der Waals surface area contributed by atoms with E-state index in [-0.39, 0.29) is 0 Å². The minimum Gasteiger partial charge on any atom is -0.475 e. The summed E-state index contributed by atoms with van der Waals surface area (Å²) < 4.78 is 31.6. The van der Waals surface area contributed by atoms with Crippen LogP contribution in [0.2, 0.25) is 0 Å². The number of carbonyl (C=O) groups is 1. The van der Waals surface area contributed by atoms with Crippen LogP contribution >= 0.6 is 0 Å². The molecule has 1 aromatic heterocycles. The summed E-state index contributed by atoms with van der Waals surface area (Å²) in [6.07, 6.45) is 0. The molecular weight excluding hydrogens is 294 g/mol. The third kappa shape index (κ3) is 3.32. The van der Waals surface area contributed by atoms with Crippen molar-refractivity contribution >= 4 is 16.0 Å². The second-order valence-corrected chi connectivity index (χ2v) is 6.27. The van der Waals surface area contributed by atoms with Crippen molar-refractivity contribution in [3.8, 4) is 0 Å². The van der Waals surface area contributed by atoms with E-state index >= 15 is 0 Å². The molecule has 1 aromatic carbocycles. The molecule has 0 bridgehead atoms. The summed E-state index contributed by atoms with van der Waals surface area (Å²) in [5.41, 5.74) is 1.80.